The van der Waals surface area contributed by atoms with Crippen LogP contribution in [0.5, 0.6) is 11.5 Å². The predicted octanol–water partition coefficient (Wildman–Crippen LogP) is 4.75. The highest BCUT2D eigenvalue weighted by atomic mass is 32.1. The molecule has 2 aromatic rings. The average molecular weight is 359 g/mol. The summed E-state index contributed by atoms with van der Waals surface area (Å²) in [4.78, 5) is 0. The van der Waals surface area contributed by atoms with Gasteiger partial charge in [-0.05, 0) is 69.7 Å². The van der Waals surface area contributed by atoms with E-state index in [2.05, 4.69) is 10.6 Å². The predicted molar refractivity (Wildman–Crippen MR) is 107 cm³/mol. The Morgan fingerprint density at radius 1 is 0.920 bits per heavy atom. The maximum absolute atomic E-state index is 5.69. The molecule has 0 heterocycles. The van der Waals surface area contributed by atoms with Gasteiger partial charge in [-0.25, -0.2) is 0 Å². The summed E-state index contributed by atoms with van der Waals surface area (Å²) in [6.45, 7) is 8.69. The second kappa shape index (κ2) is 9.28. The molecule has 2 rings (SSSR count). The van der Waals surface area contributed by atoms with Gasteiger partial charge in [-0.15, -0.1) is 0 Å². The molecule has 2 N–H and O–H groups in total. The number of thiocarbonyl (C=S) groups is 1. The van der Waals surface area contributed by atoms with Gasteiger partial charge in [0, 0.05) is 18.3 Å². The lowest BCUT2D eigenvalue weighted by Gasteiger charge is -2.14. The smallest absolute Gasteiger partial charge is 0.171 e. The first-order chi connectivity index (χ1) is 11.9. The molecule has 0 radical (unpaired) electrons. The van der Waals surface area contributed by atoms with E-state index >= 15 is 0 Å². The van der Waals surface area contributed by atoms with Crippen molar-refractivity contribution in [2.24, 2.45) is 0 Å². The van der Waals surface area contributed by atoms with Crippen molar-refractivity contribution in [1.29, 1.82) is 0 Å². The molecule has 5 heteroatoms. The van der Waals surface area contributed by atoms with Crippen molar-refractivity contribution in [2.75, 3.05) is 5.32 Å². The third-order valence-electron chi connectivity index (χ3n) is 3.21. The third-order valence-corrected chi connectivity index (χ3v) is 3.46. The van der Waals surface area contributed by atoms with Crippen LogP contribution in [0.2, 0.25) is 0 Å². The lowest BCUT2D eigenvalue weighted by atomic mass is 10.2. The molecule has 0 amide bonds. The van der Waals surface area contributed by atoms with E-state index in [1.807, 2.05) is 76.2 Å². The molecule has 0 fully saturated rings. The number of benzene rings is 2. The Morgan fingerprint density at radius 2 is 1.56 bits per heavy atom. The molecule has 0 aromatic heterocycles. The summed E-state index contributed by atoms with van der Waals surface area (Å²) in [7, 11) is 0. The Bertz CT molecular complexity index is 684. The molecule has 0 aliphatic carbocycles. The third kappa shape index (κ3) is 7.01. The van der Waals surface area contributed by atoms with Gasteiger partial charge in [0.05, 0.1) is 12.2 Å². The van der Waals surface area contributed by atoms with E-state index in [1.54, 1.807) is 0 Å². The maximum Gasteiger partial charge on any atom is 0.171 e. The second-order valence-corrected chi connectivity index (χ2v) is 6.72. The first kappa shape index (κ1) is 19.1. The molecule has 0 aliphatic heterocycles. The highest BCUT2D eigenvalue weighted by molar-refractivity contribution is 7.80. The van der Waals surface area contributed by atoms with Crippen LogP contribution in [-0.2, 0) is 6.54 Å². The van der Waals surface area contributed by atoms with Gasteiger partial charge in [0.1, 0.15) is 11.5 Å². The molecule has 0 spiro atoms. The average Bonchev–Trinajstić information content (AvgIpc) is 2.53. The van der Waals surface area contributed by atoms with Gasteiger partial charge in [0.25, 0.3) is 0 Å². The fourth-order valence-corrected chi connectivity index (χ4v) is 2.43. The Morgan fingerprint density at radius 3 is 2.20 bits per heavy atom. The monoisotopic (exact) mass is 358 g/mol. The zero-order valence-corrected chi connectivity index (χ0v) is 16.0. The van der Waals surface area contributed by atoms with Crippen molar-refractivity contribution in [2.45, 2.75) is 46.4 Å². The minimum Gasteiger partial charge on any atom is -0.491 e. The van der Waals surface area contributed by atoms with Crippen molar-refractivity contribution in [3.8, 4) is 11.5 Å². The summed E-state index contributed by atoms with van der Waals surface area (Å²) in [6.07, 6.45) is 0.319. The van der Waals surface area contributed by atoms with Crippen LogP contribution in [0.4, 0.5) is 5.69 Å². The summed E-state index contributed by atoms with van der Waals surface area (Å²) >= 11 is 5.36. The maximum atomic E-state index is 5.69. The zero-order valence-electron chi connectivity index (χ0n) is 15.2. The molecule has 0 aliphatic rings. The molecule has 0 unspecified atom stereocenters. The minimum atomic E-state index is 0.142. The summed E-state index contributed by atoms with van der Waals surface area (Å²) < 4.78 is 11.3. The van der Waals surface area contributed by atoms with E-state index in [9.17, 15) is 0 Å². The SMILES string of the molecule is CC(C)Oc1ccc(CNC(=S)Nc2cccc(OC(C)C)c2)cc1. The first-order valence-electron chi connectivity index (χ1n) is 8.49. The van der Waals surface area contributed by atoms with Crippen LogP contribution >= 0.6 is 12.2 Å². The Labute approximate surface area is 155 Å². The number of rotatable bonds is 7. The lowest BCUT2D eigenvalue weighted by molar-refractivity contribution is 0.242. The Balaban J connectivity index is 1.84. The van der Waals surface area contributed by atoms with E-state index in [0.717, 1.165) is 22.7 Å². The summed E-state index contributed by atoms with van der Waals surface area (Å²) in [5.74, 6) is 1.70. The molecule has 134 valence electrons. The quantitative estimate of drug-likeness (QED) is 0.699. The topological polar surface area (TPSA) is 42.5 Å². The van der Waals surface area contributed by atoms with Gasteiger partial charge in [-0.3, -0.25) is 0 Å². The van der Waals surface area contributed by atoms with Gasteiger partial charge in [-0.1, -0.05) is 18.2 Å². The fourth-order valence-electron chi connectivity index (χ4n) is 2.23. The van der Waals surface area contributed by atoms with Gasteiger partial charge < -0.3 is 20.1 Å². The molecule has 0 saturated heterocycles. The van der Waals surface area contributed by atoms with Gasteiger partial charge >= 0.3 is 0 Å². The van der Waals surface area contributed by atoms with Crippen molar-refractivity contribution in [3.05, 3.63) is 54.1 Å². The normalized spacial score (nSPS) is 10.6. The van der Waals surface area contributed by atoms with Crippen LogP contribution in [0.3, 0.4) is 0 Å². The largest absolute Gasteiger partial charge is 0.491 e. The second-order valence-electron chi connectivity index (χ2n) is 6.31. The van der Waals surface area contributed by atoms with Crippen molar-refractivity contribution in [1.82, 2.24) is 5.32 Å². The molecule has 0 bridgehead atoms. The summed E-state index contributed by atoms with van der Waals surface area (Å²) in [5, 5.41) is 6.96. The summed E-state index contributed by atoms with van der Waals surface area (Å²) in [5.41, 5.74) is 2.04. The van der Waals surface area contributed by atoms with Crippen molar-refractivity contribution < 1.29 is 9.47 Å². The zero-order chi connectivity index (χ0) is 18.2. The van der Waals surface area contributed by atoms with E-state index in [-0.39, 0.29) is 12.2 Å². The van der Waals surface area contributed by atoms with E-state index in [1.165, 1.54) is 0 Å². The number of hydrogen-bond acceptors (Lipinski definition) is 3. The molecule has 0 saturated carbocycles. The Hall–Kier alpha value is -2.27. The highest BCUT2D eigenvalue weighted by Crippen LogP contribution is 2.18. The van der Waals surface area contributed by atoms with Crippen LogP contribution < -0.4 is 20.1 Å². The number of hydrogen-bond donors (Lipinski definition) is 2. The molecular weight excluding hydrogens is 332 g/mol. The standard InChI is InChI=1S/C20H26N2O2S/c1-14(2)23-18-10-8-16(9-11-18)13-21-20(25)22-17-6-5-7-19(12-17)24-15(3)4/h5-12,14-15H,13H2,1-4H3,(H2,21,22,25). The van der Waals surface area contributed by atoms with Crippen LogP contribution in [0.15, 0.2) is 48.5 Å². The fraction of sp³-hybridized carbons (Fsp3) is 0.350. The van der Waals surface area contributed by atoms with Gasteiger partial charge in [0.2, 0.25) is 0 Å². The van der Waals surface area contributed by atoms with Gasteiger partial charge in [0.15, 0.2) is 5.11 Å². The lowest BCUT2D eigenvalue weighted by Crippen LogP contribution is -2.27. The number of nitrogens with one attached hydrogen (secondary N) is 2. The minimum absolute atomic E-state index is 0.142. The van der Waals surface area contributed by atoms with Crippen molar-refractivity contribution in [3.63, 3.8) is 0 Å². The van der Waals surface area contributed by atoms with Crippen LogP contribution in [0, 0.1) is 0 Å². The Kier molecular flexibility index (Phi) is 7.07. The van der Waals surface area contributed by atoms with Crippen LogP contribution in [-0.4, -0.2) is 17.3 Å². The number of anilines is 1. The first-order valence-corrected chi connectivity index (χ1v) is 8.90. The molecule has 25 heavy (non-hydrogen) atoms. The van der Waals surface area contributed by atoms with E-state index < -0.39 is 0 Å². The van der Waals surface area contributed by atoms with Crippen LogP contribution in [0.25, 0.3) is 0 Å². The summed E-state index contributed by atoms with van der Waals surface area (Å²) in [6, 6.07) is 15.8. The van der Waals surface area contributed by atoms with E-state index in [4.69, 9.17) is 21.7 Å². The number of ether oxygens (including phenoxy) is 2. The molecule has 2 aromatic carbocycles. The molecule has 0 atom stereocenters. The highest BCUT2D eigenvalue weighted by Gasteiger charge is 2.03. The van der Waals surface area contributed by atoms with Gasteiger partial charge in [-0.2, -0.15) is 0 Å². The van der Waals surface area contributed by atoms with E-state index in [0.29, 0.717) is 11.7 Å². The molecule has 4 nitrogen and oxygen atoms in total. The molecular formula is C20H26N2O2S. The van der Waals surface area contributed by atoms with Crippen LogP contribution in [0.1, 0.15) is 33.3 Å². The van der Waals surface area contributed by atoms with Crippen molar-refractivity contribution >= 4 is 23.0 Å².